The Kier molecular flexibility index (Phi) is 11.3. The van der Waals surface area contributed by atoms with Gasteiger partial charge >= 0.3 is 237 Å². The Morgan fingerprint density at radius 2 is 1.32 bits per heavy atom. The molecule has 37 heavy (non-hydrogen) atoms. The van der Waals surface area contributed by atoms with Crippen LogP contribution in [0.2, 0.25) is 6.04 Å². The summed E-state index contributed by atoms with van der Waals surface area (Å²) >= 11 is 4.94. The number of phenols is 1. The van der Waals surface area contributed by atoms with Crippen LogP contribution in [0.5, 0.6) is 11.5 Å². The van der Waals surface area contributed by atoms with E-state index in [1.165, 1.54) is 102 Å². The van der Waals surface area contributed by atoms with Crippen molar-refractivity contribution in [1.29, 1.82) is 0 Å². The average molecular weight is 614 g/mol. The predicted octanol–water partition coefficient (Wildman–Crippen LogP) is 8.35. The first-order valence-corrected chi connectivity index (χ1v) is 20.7. The maximum atomic E-state index is 11.0. The third-order valence-corrected chi connectivity index (χ3v) is 24.9. The van der Waals surface area contributed by atoms with Gasteiger partial charge in [0.15, 0.2) is 0 Å². The summed E-state index contributed by atoms with van der Waals surface area (Å²) in [5.41, 5.74) is 2.13. The van der Waals surface area contributed by atoms with E-state index in [0.29, 0.717) is 38.9 Å². The van der Waals surface area contributed by atoms with Crippen molar-refractivity contribution in [1.82, 2.24) is 0 Å². The van der Waals surface area contributed by atoms with Gasteiger partial charge in [-0.1, -0.05) is 0 Å². The van der Waals surface area contributed by atoms with E-state index in [-0.39, 0.29) is 5.91 Å². The first kappa shape index (κ1) is 29.8. The second kappa shape index (κ2) is 14.0. The molecule has 1 N–H and O–H groups in total. The Bertz CT molecular complexity index is 785. The van der Waals surface area contributed by atoms with Crippen molar-refractivity contribution in [2.75, 3.05) is 20.8 Å². The van der Waals surface area contributed by atoms with Crippen molar-refractivity contribution in [2.45, 2.75) is 132 Å². The number of ether oxygens (including phenoxy) is 3. The molecular formula is C30H50BrO4PSi. The zero-order valence-electron chi connectivity index (χ0n) is 23.3. The normalized spacial score (nSPS) is 22.1. The third-order valence-electron chi connectivity index (χ3n) is 9.72. The van der Waals surface area contributed by atoms with Crippen LogP contribution in [0.25, 0.3) is 0 Å². The fraction of sp³-hybridized carbons (Fsp3) is 0.800. The first-order chi connectivity index (χ1) is 18.0. The molecule has 0 saturated heterocycles. The van der Waals surface area contributed by atoms with Gasteiger partial charge in [-0.25, -0.2) is 0 Å². The molecule has 1 aromatic rings. The van der Waals surface area contributed by atoms with E-state index in [9.17, 15) is 5.11 Å². The third kappa shape index (κ3) is 6.29. The van der Waals surface area contributed by atoms with E-state index in [1.807, 2.05) is 6.07 Å². The van der Waals surface area contributed by atoms with E-state index in [4.69, 9.17) is 29.7 Å². The van der Waals surface area contributed by atoms with Crippen LogP contribution in [0.1, 0.15) is 103 Å². The van der Waals surface area contributed by atoms with Crippen LogP contribution in [0.15, 0.2) is 18.2 Å². The zero-order chi connectivity index (χ0) is 26.2. The summed E-state index contributed by atoms with van der Waals surface area (Å²) in [6, 6.07) is 7.14. The molecule has 1 aromatic carbocycles. The van der Waals surface area contributed by atoms with Gasteiger partial charge in [-0.3, -0.25) is 0 Å². The molecule has 3 aliphatic rings. The van der Waals surface area contributed by atoms with Crippen LogP contribution in [-0.2, 0) is 9.47 Å². The Morgan fingerprint density at radius 1 is 0.838 bits per heavy atom. The van der Waals surface area contributed by atoms with Crippen LogP contribution in [0.4, 0.5) is 0 Å². The van der Waals surface area contributed by atoms with Crippen molar-refractivity contribution in [3.63, 3.8) is 0 Å². The summed E-state index contributed by atoms with van der Waals surface area (Å²) in [6.45, 7) is 0.699. The van der Waals surface area contributed by atoms with Gasteiger partial charge in [0.05, 0.1) is 0 Å². The summed E-state index contributed by atoms with van der Waals surface area (Å²) in [7, 11) is 4.03. The van der Waals surface area contributed by atoms with Crippen molar-refractivity contribution in [2.24, 2.45) is 0 Å². The summed E-state index contributed by atoms with van der Waals surface area (Å²) < 4.78 is 17.5. The quantitative estimate of drug-likeness (QED) is 0.111. The molecule has 0 heterocycles. The van der Waals surface area contributed by atoms with E-state index in [2.05, 4.69) is 12.1 Å². The van der Waals surface area contributed by atoms with Gasteiger partial charge < -0.3 is 0 Å². The maximum absolute atomic E-state index is 11.0. The van der Waals surface area contributed by atoms with Gasteiger partial charge in [0.25, 0.3) is 0 Å². The molecule has 7 heteroatoms. The molecular weight excluding hydrogens is 563 g/mol. The SMILES string of the molecule is COC(OC)[Si]CCCOc1ccc(O)cc1P(Br)(C1CCCCC1)(C1CCCCC1)C1CCCCC1. The monoisotopic (exact) mass is 612 g/mol. The number of aromatic hydroxyl groups is 1. The second-order valence-electron chi connectivity index (χ2n) is 11.7. The van der Waals surface area contributed by atoms with Crippen molar-refractivity contribution in [3.05, 3.63) is 18.2 Å². The molecule has 0 unspecified atom stereocenters. The van der Waals surface area contributed by atoms with E-state index in [0.717, 1.165) is 18.2 Å². The number of hydrogen-bond acceptors (Lipinski definition) is 4. The molecule has 3 saturated carbocycles. The molecule has 0 spiro atoms. The minimum atomic E-state index is -2.68. The molecule has 0 aromatic heterocycles. The van der Waals surface area contributed by atoms with Crippen LogP contribution in [-0.4, -0.2) is 58.3 Å². The summed E-state index contributed by atoms with van der Waals surface area (Å²) in [5.74, 6) is 1.34. The standard InChI is InChI=1S/C30H50BrO4PSi/c1-33-30(34-2)37-22-12-21-35-28-20-19-24(32)23-29(28)36(31,25-13-6-3-7-14-25,26-15-8-4-9-16-26)27-17-10-5-11-18-27/h19-20,23,25-27,30,32H,3-18,21-22H2,1-2H3. The molecule has 3 fully saturated rings. The molecule has 210 valence electrons. The number of halogens is 1. The minimum absolute atomic E-state index is 0.112. The zero-order valence-corrected chi connectivity index (χ0v) is 26.7. The van der Waals surface area contributed by atoms with Gasteiger partial charge in [0, 0.05) is 0 Å². The molecule has 4 rings (SSSR count). The molecule has 0 amide bonds. The van der Waals surface area contributed by atoms with Gasteiger partial charge in [0.1, 0.15) is 0 Å². The second-order valence-corrected chi connectivity index (χ2v) is 22.9. The first-order valence-electron chi connectivity index (χ1n) is 15.0. The van der Waals surface area contributed by atoms with Crippen LogP contribution >= 0.6 is 20.8 Å². The van der Waals surface area contributed by atoms with Crippen LogP contribution < -0.4 is 10.0 Å². The molecule has 0 aliphatic heterocycles. The van der Waals surface area contributed by atoms with E-state index >= 15 is 0 Å². The topological polar surface area (TPSA) is 47.9 Å². The van der Waals surface area contributed by atoms with Crippen LogP contribution in [0.3, 0.4) is 0 Å². The number of benzene rings is 1. The van der Waals surface area contributed by atoms with Crippen molar-refractivity contribution < 1.29 is 19.3 Å². The van der Waals surface area contributed by atoms with Crippen molar-refractivity contribution >= 4 is 35.6 Å². The number of rotatable bonds is 12. The Morgan fingerprint density at radius 3 is 1.78 bits per heavy atom. The molecule has 0 bridgehead atoms. The fourth-order valence-electron chi connectivity index (χ4n) is 8.04. The van der Waals surface area contributed by atoms with Gasteiger partial charge in [-0.2, -0.15) is 0 Å². The number of phenolic OH excluding ortho intramolecular Hbond substituents is 1. The molecule has 0 atom stereocenters. The molecule has 2 radical (unpaired) electrons. The van der Waals surface area contributed by atoms with Crippen LogP contribution in [0, 0.1) is 0 Å². The van der Waals surface area contributed by atoms with Gasteiger partial charge in [-0.05, 0) is 0 Å². The molecule has 3 aliphatic carbocycles. The fourth-order valence-corrected chi connectivity index (χ4v) is 21.7. The summed E-state index contributed by atoms with van der Waals surface area (Å²) in [6.07, 6.45) is 21.2. The van der Waals surface area contributed by atoms with E-state index < -0.39 is 5.31 Å². The van der Waals surface area contributed by atoms with Gasteiger partial charge in [-0.15, -0.1) is 0 Å². The predicted molar refractivity (Wildman–Crippen MR) is 163 cm³/mol. The Balaban J connectivity index is 1.73. The Hall–Kier alpha value is -0.133. The Labute approximate surface area is 236 Å². The molecule has 4 nitrogen and oxygen atoms in total. The van der Waals surface area contributed by atoms with Crippen molar-refractivity contribution in [3.8, 4) is 11.5 Å². The number of hydrogen-bond donors (Lipinski definition) is 1. The number of methoxy groups -OCH3 is 2. The van der Waals surface area contributed by atoms with E-state index in [1.54, 1.807) is 14.2 Å². The van der Waals surface area contributed by atoms with Gasteiger partial charge in [0.2, 0.25) is 0 Å². The average Bonchev–Trinajstić information content (AvgIpc) is 2.96. The summed E-state index contributed by atoms with van der Waals surface area (Å²) in [5, 5.41) is 9.66. The summed E-state index contributed by atoms with van der Waals surface area (Å²) in [4.78, 5) is 0.